The van der Waals surface area contributed by atoms with E-state index in [4.69, 9.17) is 0 Å². The highest BCUT2D eigenvalue weighted by Gasteiger charge is 2.15. The molecule has 1 aliphatic carbocycles. The van der Waals surface area contributed by atoms with E-state index in [9.17, 15) is 9.50 Å². The third kappa shape index (κ3) is 3.42. The Bertz CT molecular complexity index is 442. The van der Waals surface area contributed by atoms with Gasteiger partial charge >= 0.3 is 0 Å². The van der Waals surface area contributed by atoms with Crippen molar-refractivity contribution in [3.63, 3.8) is 0 Å². The van der Waals surface area contributed by atoms with Crippen molar-refractivity contribution >= 4 is 15.9 Å². The molecule has 1 aromatic carbocycles. The summed E-state index contributed by atoms with van der Waals surface area (Å²) < 4.78 is 13.6. The molecule has 18 heavy (non-hydrogen) atoms. The molecule has 0 saturated carbocycles. The average Bonchev–Trinajstić information content (AvgIpc) is 2.31. The Morgan fingerprint density at radius 2 is 1.94 bits per heavy atom. The quantitative estimate of drug-likeness (QED) is 0.770. The lowest BCUT2D eigenvalue weighted by Crippen LogP contribution is -2.04. The van der Waals surface area contributed by atoms with Crippen molar-refractivity contribution in [2.45, 2.75) is 44.6 Å². The Labute approximate surface area is 116 Å². The van der Waals surface area contributed by atoms with Gasteiger partial charge in [0.25, 0.3) is 0 Å². The molecular weight excluding hydrogens is 295 g/mol. The summed E-state index contributed by atoms with van der Waals surface area (Å²) in [5, 5.41) is 10.4. The molecule has 1 N–H and O–H groups in total. The fourth-order valence-corrected chi connectivity index (χ4v) is 2.76. The Balaban J connectivity index is 2.18. The predicted molar refractivity (Wildman–Crippen MR) is 74.8 cm³/mol. The highest BCUT2D eigenvalue weighted by Crippen LogP contribution is 2.30. The van der Waals surface area contributed by atoms with Gasteiger partial charge in [-0.25, -0.2) is 4.39 Å². The topological polar surface area (TPSA) is 20.2 Å². The van der Waals surface area contributed by atoms with E-state index in [1.54, 1.807) is 12.1 Å². The first-order valence-corrected chi connectivity index (χ1v) is 7.30. The zero-order valence-electron chi connectivity index (χ0n) is 10.3. The summed E-state index contributed by atoms with van der Waals surface area (Å²) in [4.78, 5) is 0. The smallest absolute Gasteiger partial charge is 0.137 e. The minimum Gasteiger partial charge on any atom is -0.384 e. The second kappa shape index (κ2) is 6.48. The van der Waals surface area contributed by atoms with Gasteiger partial charge in [0.1, 0.15) is 11.9 Å². The molecule has 1 atom stereocenters. The largest absolute Gasteiger partial charge is 0.384 e. The van der Waals surface area contributed by atoms with Crippen LogP contribution in [0.3, 0.4) is 0 Å². The number of allylic oxidation sites excluding steroid dienone is 1. The van der Waals surface area contributed by atoms with Gasteiger partial charge in [-0.05, 0) is 64.9 Å². The van der Waals surface area contributed by atoms with E-state index in [1.807, 2.05) is 0 Å². The predicted octanol–water partition coefficient (Wildman–Crippen LogP) is 4.90. The van der Waals surface area contributed by atoms with E-state index >= 15 is 0 Å². The molecule has 2 rings (SSSR count). The monoisotopic (exact) mass is 312 g/mol. The van der Waals surface area contributed by atoms with Crippen molar-refractivity contribution in [3.8, 4) is 0 Å². The van der Waals surface area contributed by atoms with Crippen molar-refractivity contribution < 1.29 is 9.50 Å². The van der Waals surface area contributed by atoms with Crippen LogP contribution in [0.15, 0.2) is 34.3 Å². The fourth-order valence-electron chi connectivity index (χ4n) is 2.36. The van der Waals surface area contributed by atoms with E-state index in [2.05, 4.69) is 22.0 Å². The van der Waals surface area contributed by atoms with Crippen LogP contribution in [0, 0.1) is 5.82 Å². The van der Waals surface area contributed by atoms with Gasteiger partial charge in [-0.3, -0.25) is 0 Å². The zero-order chi connectivity index (χ0) is 13.0. The van der Waals surface area contributed by atoms with Crippen LogP contribution >= 0.6 is 15.9 Å². The lowest BCUT2D eigenvalue weighted by atomic mass is 9.93. The van der Waals surface area contributed by atoms with Gasteiger partial charge in [0.15, 0.2) is 0 Å². The third-order valence-corrected chi connectivity index (χ3v) is 4.04. The SMILES string of the molecule is OC(/C1=C/CCCCCC1)c1ccc(F)c(Br)c1. The minimum atomic E-state index is -0.597. The standard InChI is InChI=1S/C15H18BrFO/c16-13-10-12(8-9-14(13)17)15(18)11-6-4-2-1-3-5-7-11/h6,8-10,15,18H,1-5,7H2/b11-6+. The molecule has 0 aromatic heterocycles. The number of aliphatic hydroxyl groups is 1. The summed E-state index contributed by atoms with van der Waals surface area (Å²) in [5.41, 5.74) is 1.84. The summed E-state index contributed by atoms with van der Waals surface area (Å²) in [6, 6.07) is 4.72. The van der Waals surface area contributed by atoms with Crippen molar-refractivity contribution in [3.05, 3.63) is 45.7 Å². The van der Waals surface area contributed by atoms with Crippen LogP contribution in [-0.2, 0) is 0 Å². The summed E-state index contributed by atoms with van der Waals surface area (Å²) in [5.74, 6) is -0.294. The fraction of sp³-hybridized carbons (Fsp3) is 0.467. The molecule has 1 aromatic rings. The summed E-state index contributed by atoms with van der Waals surface area (Å²) in [6.07, 6.45) is 8.37. The lowest BCUT2D eigenvalue weighted by molar-refractivity contribution is 0.209. The second-order valence-electron chi connectivity index (χ2n) is 4.81. The summed E-state index contributed by atoms with van der Waals surface area (Å²) >= 11 is 3.16. The number of aliphatic hydroxyl groups excluding tert-OH is 1. The van der Waals surface area contributed by atoms with Crippen LogP contribution in [-0.4, -0.2) is 5.11 Å². The zero-order valence-corrected chi connectivity index (χ0v) is 11.9. The molecular formula is C15H18BrFO. The number of benzene rings is 1. The average molecular weight is 313 g/mol. The Hall–Kier alpha value is -0.670. The van der Waals surface area contributed by atoms with Crippen molar-refractivity contribution in [1.29, 1.82) is 0 Å². The molecule has 0 aliphatic heterocycles. The maximum absolute atomic E-state index is 13.2. The molecule has 0 amide bonds. The Kier molecular flexibility index (Phi) is 4.95. The maximum atomic E-state index is 13.2. The molecule has 3 heteroatoms. The van der Waals surface area contributed by atoms with E-state index in [-0.39, 0.29) is 5.82 Å². The summed E-state index contributed by atoms with van der Waals surface area (Å²) in [6.45, 7) is 0. The molecule has 0 bridgehead atoms. The molecule has 0 spiro atoms. The number of rotatable bonds is 2. The van der Waals surface area contributed by atoms with Crippen molar-refractivity contribution in [2.24, 2.45) is 0 Å². The highest BCUT2D eigenvalue weighted by molar-refractivity contribution is 9.10. The maximum Gasteiger partial charge on any atom is 0.137 e. The third-order valence-electron chi connectivity index (χ3n) is 3.44. The molecule has 0 saturated heterocycles. The van der Waals surface area contributed by atoms with Gasteiger partial charge in [0, 0.05) is 0 Å². The van der Waals surface area contributed by atoms with Gasteiger partial charge in [-0.15, -0.1) is 0 Å². The van der Waals surface area contributed by atoms with Crippen LogP contribution in [0.1, 0.15) is 50.2 Å². The van der Waals surface area contributed by atoms with Crippen molar-refractivity contribution in [2.75, 3.05) is 0 Å². The molecule has 0 radical (unpaired) electrons. The highest BCUT2D eigenvalue weighted by atomic mass is 79.9. The molecule has 1 unspecified atom stereocenters. The first kappa shape index (κ1) is 13.8. The normalized spacial score (nSPS) is 21.6. The van der Waals surface area contributed by atoms with Crippen LogP contribution in [0.2, 0.25) is 0 Å². The molecule has 0 fully saturated rings. The Morgan fingerprint density at radius 3 is 2.72 bits per heavy atom. The van der Waals surface area contributed by atoms with Crippen LogP contribution < -0.4 is 0 Å². The molecule has 98 valence electrons. The minimum absolute atomic E-state index is 0.294. The van der Waals surface area contributed by atoms with E-state index in [1.165, 1.54) is 25.3 Å². The Morgan fingerprint density at radius 1 is 1.17 bits per heavy atom. The van der Waals surface area contributed by atoms with Gasteiger partial charge in [0.2, 0.25) is 0 Å². The van der Waals surface area contributed by atoms with E-state index in [0.29, 0.717) is 4.47 Å². The van der Waals surface area contributed by atoms with Crippen LogP contribution in [0.5, 0.6) is 0 Å². The molecule has 1 nitrogen and oxygen atoms in total. The molecule has 0 heterocycles. The van der Waals surface area contributed by atoms with Gasteiger partial charge in [0.05, 0.1) is 4.47 Å². The first-order chi connectivity index (χ1) is 8.68. The number of hydrogen-bond acceptors (Lipinski definition) is 1. The molecule has 1 aliphatic rings. The van der Waals surface area contributed by atoms with Crippen LogP contribution in [0.4, 0.5) is 4.39 Å². The van der Waals surface area contributed by atoms with Gasteiger partial charge < -0.3 is 5.11 Å². The summed E-state index contributed by atoms with van der Waals surface area (Å²) in [7, 11) is 0. The lowest BCUT2D eigenvalue weighted by Gasteiger charge is -2.18. The van der Waals surface area contributed by atoms with Crippen molar-refractivity contribution in [1.82, 2.24) is 0 Å². The van der Waals surface area contributed by atoms with E-state index in [0.717, 1.165) is 30.4 Å². The second-order valence-corrected chi connectivity index (χ2v) is 5.66. The first-order valence-electron chi connectivity index (χ1n) is 6.50. The van der Waals surface area contributed by atoms with Crippen LogP contribution in [0.25, 0.3) is 0 Å². The van der Waals surface area contributed by atoms with Gasteiger partial charge in [-0.1, -0.05) is 25.0 Å². The van der Waals surface area contributed by atoms with Gasteiger partial charge in [-0.2, -0.15) is 0 Å². The number of hydrogen-bond donors (Lipinski definition) is 1. The number of halogens is 2. The van der Waals surface area contributed by atoms with E-state index < -0.39 is 6.10 Å².